The van der Waals surface area contributed by atoms with Crippen molar-refractivity contribution < 1.29 is 4.79 Å². The van der Waals surface area contributed by atoms with E-state index in [9.17, 15) is 4.79 Å². The lowest BCUT2D eigenvalue weighted by Crippen LogP contribution is -2.52. The molecule has 1 amide bonds. The third-order valence-corrected chi connectivity index (χ3v) is 3.15. The highest BCUT2D eigenvalue weighted by Gasteiger charge is 2.20. The van der Waals surface area contributed by atoms with Gasteiger partial charge < -0.3 is 16.4 Å². The largest absolute Gasteiger partial charge is 0.370 e. The summed E-state index contributed by atoms with van der Waals surface area (Å²) in [4.78, 5) is 16.4. The lowest BCUT2D eigenvalue weighted by Gasteiger charge is -2.24. The first kappa shape index (κ1) is 15.8. The van der Waals surface area contributed by atoms with Gasteiger partial charge in [0.05, 0.1) is 6.04 Å². The monoisotopic (exact) mass is 268 g/mol. The lowest BCUT2D eigenvalue weighted by molar-refractivity contribution is -0.123. The molecule has 1 rings (SSSR count). The Hall–Kier alpha value is -1.26. The Morgan fingerprint density at radius 3 is 2.37 bits per heavy atom. The van der Waals surface area contributed by atoms with Gasteiger partial charge in [-0.05, 0) is 40.5 Å². The summed E-state index contributed by atoms with van der Waals surface area (Å²) in [6.45, 7) is 7.66. The van der Waals surface area contributed by atoms with E-state index in [-0.39, 0.29) is 17.5 Å². The third kappa shape index (κ3) is 6.45. The number of rotatable bonds is 3. The first-order valence-corrected chi connectivity index (χ1v) is 7.20. The number of aliphatic imine (C=N–C) groups is 1. The van der Waals surface area contributed by atoms with Gasteiger partial charge in [0.2, 0.25) is 5.91 Å². The van der Waals surface area contributed by atoms with Crippen molar-refractivity contribution in [2.75, 3.05) is 0 Å². The molecular formula is C14H28N4O. The highest BCUT2D eigenvalue weighted by molar-refractivity contribution is 5.88. The maximum absolute atomic E-state index is 11.9. The molecule has 5 nitrogen and oxygen atoms in total. The van der Waals surface area contributed by atoms with Gasteiger partial charge in [-0.2, -0.15) is 0 Å². The molecule has 110 valence electrons. The normalized spacial score (nSPS) is 19.9. The molecule has 1 atom stereocenters. The molecule has 1 fully saturated rings. The van der Waals surface area contributed by atoms with E-state index in [1.165, 1.54) is 19.3 Å². The summed E-state index contributed by atoms with van der Waals surface area (Å²) in [6.07, 6.45) is 5.95. The van der Waals surface area contributed by atoms with E-state index in [0.717, 1.165) is 12.8 Å². The molecule has 19 heavy (non-hydrogen) atoms. The van der Waals surface area contributed by atoms with Crippen LogP contribution in [0.4, 0.5) is 0 Å². The van der Waals surface area contributed by atoms with Gasteiger partial charge in [-0.15, -0.1) is 0 Å². The van der Waals surface area contributed by atoms with Crippen LogP contribution in [-0.2, 0) is 4.79 Å². The molecule has 0 radical (unpaired) electrons. The standard InChI is InChI=1S/C14H28N4O/c1-10(12(19)18-14(2,3)4)16-13(15)17-11-8-6-5-7-9-11/h10-11H,5-9H2,1-4H3,(H,18,19)(H3,15,16,17). The first-order valence-electron chi connectivity index (χ1n) is 7.20. The highest BCUT2D eigenvalue weighted by Crippen LogP contribution is 2.19. The number of hydrogen-bond acceptors (Lipinski definition) is 2. The molecular weight excluding hydrogens is 240 g/mol. The number of carbonyl (C=O) groups excluding carboxylic acids is 1. The number of nitrogens with one attached hydrogen (secondary N) is 2. The van der Waals surface area contributed by atoms with E-state index in [4.69, 9.17) is 5.73 Å². The molecule has 5 heteroatoms. The van der Waals surface area contributed by atoms with Crippen LogP contribution in [0.3, 0.4) is 0 Å². The minimum absolute atomic E-state index is 0.0608. The average molecular weight is 268 g/mol. The van der Waals surface area contributed by atoms with E-state index in [1.807, 2.05) is 20.8 Å². The minimum atomic E-state index is -0.369. The summed E-state index contributed by atoms with van der Waals surface area (Å²) >= 11 is 0. The SMILES string of the molecule is CC(NC(N)=NC1CCCCC1)C(=O)NC(C)(C)C. The van der Waals surface area contributed by atoms with Crippen molar-refractivity contribution in [3.05, 3.63) is 0 Å². The fourth-order valence-electron chi connectivity index (χ4n) is 2.21. The van der Waals surface area contributed by atoms with E-state index in [1.54, 1.807) is 6.92 Å². The third-order valence-electron chi connectivity index (χ3n) is 3.15. The van der Waals surface area contributed by atoms with Crippen molar-refractivity contribution >= 4 is 11.9 Å². The molecule has 0 aliphatic heterocycles. The van der Waals surface area contributed by atoms with Crippen LogP contribution in [0.1, 0.15) is 59.8 Å². The molecule has 1 aliphatic rings. The van der Waals surface area contributed by atoms with E-state index < -0.39 is 0 Å². The number of nitrogens with two attached hydrogens (primary N) is 1. The molecule has 0 aromatic carbocycles. The molecule has 0 bridgehead atoms. The smallest absolute Gasteiger partial charge is 0.242 e. The van der Waals surface area contributed by atoms with Crippen molar-refractivity contribution in [2.45, 2.75) is 77.4 Å². The predicted octanol–water partition coefficient (Wildman–Crippen LogP) is 1.53. The van der Waals surface area contributed by atoms with Gasteiger partial charge in [-0.25, -0.2) is 0 Å². The van der Waals surface area contributed by atoms with Gasteiger partial charge in [0.15, 0.2) is 5.96 Å². The van der Waals surface area contributed by atoms with Gasteiger partial charge in [0, 0.05) is 5.54 Å². The molecule has 0 aromatic heterocycles. The number of carbonyl (C=O) groups is 1. The summed E-state index contributed by atoms with van der Waals surface area (Å²) in [6, 6.07) is -0.0503. The molecule has 1 unspecified atom stereocenters. The van der Waals surface area contributed by atoms with Gasteiger partial charge >= 0.3 is 0 Å². The van der Waals surface area contributed by atoms with Crippen LogP contribution >= 0.6 is 0 Å². The molecule has 1 aliphatic carbocycles. The zero-order valence-corrected chi connectivity index (χ0v) is 12.6. The van der Waals surface area contributed by atoms with E-state index in [0.29, 0.717) is 12.0 Å². The molecule has 0 saturated heterocycles. The second-order valence-electron chi connectivity index (χ2n) is 6.41. The van der Waals surface area contributed by atoms with Gasteiger partial charge in [0.25, 0.3) is 0 Å². The lowest BCUT2D eigenvalue weighted by atomic mass is 9.96. The minimum Gasteiger partial charge on any atom is -0.370 e. The Kier molecular flexibility index (Phi) is 5.63. The average Bonchev–Trinajstić information content (AvgIpc) is 2.27. The molecule has 0 heterocycles. The van der Waals surface area contributed by atoms with E-state index >= 15 is 0 Å². The summed E-state index contributed by atoms with van der Waals surface area (Å²) in [5.74, 6) is 0.317. The van der Waals surface area contributed by atoms with E-state index in [2.05, 4.69) is 15.6 Å². The first-order chi connectivity index (χ1) is 8.78. The Bertz CT molecular complexity index is 327. The summed E-state index contributed by atoms with van der Waals surface area (Å²) in [7, 11) is 0. The van der Waals surface area contributed by atoms with Crippen molar-refractivity contribution in [1.82, 2.24) is 10.6 Å². The maximum Gasteiger partial charge on any atom is 0.242 e. The van der Waals surface area contributed by atoms with Gasteiger partial charge in [0.1, 0.15) is 6.04 Å². The molecule has 1 saturated carbocycles. The highest BCUT2D eigenvalue weighted by atomic mass is 16.2. The second-order valence-corrected chi connectivity index (χ2v) is 6.41. The van der Waals surface area contributed by atoms with Crippen LogP contribution in [0.2, 0.25) is 0 Å². The van der Waals surface area contributed by atoms with Crippen molar-refractivity contribution in [3.8, 4) is 0 Å². The van der Waals surface area contributed by atoms with Gasteiger partial charge in [-0.3, -0.25) is 9.79 Å². The summed E-state index contributed by atoms with van der Waals surface area (Å²) in [5.41, 5.74) is 5.63. The Labute approximate surface area is 116 Å². The number of nitrogens with zero attached hydrogens (tertiary/aromatic N) is 1. The molecule has 4 N–H and O–H groups in total. The van der Waals surface area contributed by atoms with Crippen molar-refractivity contribution in [1.29, 1.82) is 0 Å². The fraction of sp³-hybridized carbons (Fsp3) is 0.857. The quantitative estimate of drug-likeness (QED) is 0.536. The number of guanidine groups is 1. The molecule has 0 aromatic rings. The summed E-state index contributed by atoms with van der Waals surface area (Å²) < 4.78 is 0. The zero-order chi connectivity index (χ0) is 14.5. The van der Waals surface area contributed by atoms with Crippen LogP contribution in [0.15, 0.2) is 4.99 Å². The topological polar surface area (TPSA) is 79.5 Å². The molecule has 0 spiro atoms. The Balaban J connectivity index is 2.44. The van der Waals surface area contributed by atoms with Crippen LogP contribution in [-0.4, -0.2) is 29.5 Å². The van der Waals surface area contributed by atoms with Crippen molar-refractivity contribution in [2.24, 2.45) is 10.7 Å². The number of amides is 1. The van der Waals surface area contributed by atoms with Gasteiger partial charge in [-0.1, -0.05) is 19.3 Å². The van der Waals surface area contributed by atoms with Crippen molar-refractivity contribution in [3.63, 3.8) is 0 Å². The Morgan fingerprint density at radius 1 is 1.26 bits per heavy atom. The second kappa shape index (κ2) is 6.78. The zero-order valence-electron chi connectivity index (χ0n) is 12.6. The maximum atomic E-state index is 11.9. The number of hydrogen-bond donors (Lipinski definition) is 3. The van der Waals surface area contributed by atoms with Crippen LogP contribution < -0.4 is 16.4 Å². The predicted molar refractivity (Wildman–Crippen MR) is 79.0 cm³/mol. The Morgan fingerprint density at radius 2 is 1.84 bits per heavy atom. The van der Waals surface area contributed by atoms with Crippen LogP contribution in [0, 0.1) is 0 Å². The van der Waals surface area contributed by atoms with Crippen LogP contribution in [0.25, 0.3) is 0 Å². The fourth-order valence-corrected chi connectivity index (χ4v) is 2.21. The summed E-state index contributed by atoms with van der Waals surface area (Å²) in [5, 5.41) is 5.88. The van der Waals surface area contributed by atoms with Crippen LogP contribution in [0.5, 0.6) is 0 Å².